The highest BCUT2D eigenvalue weighted by Crippen LogP contribution is 2.24. The minimum atomic E-state index is -1.44. The maximum absolute atomic E-state index is 13.9. The number of carbonyl (C=O) groups excluding carboxylic acids is 1. The minimum absolute atomic E-state index is 0.248. The number of hydrogen-bond acceptors (Lipinski definition) is 3. The fourth-order valence-electron chi connectivity index (χ4n) is 1.81. The molecule has 0 aliphatic rings. The molecule has 0 aromatic heterocycles. The van der Waals surface area contributed by atoms with Crippen molar-refractivity contribution in [3.05, 3.63) is 73.7 Å². The third-order valence-electron chi connectivity index (χ3n) is 2.82. The van der Waals surface area contributed by atoms with Gasteiger partial charge in [-0.05, 0) is 23.8 Å². The summed E-state index contributed by atoms with van der Waals surface area (Å²) < 4.78 is 28.3. The number of carbonyl (C=O) groups is 1. The number of nitro groups is 1. The van der Waals surface area contributed by atoms with Crippen LogP contribution in [0, 0.1) is 21.7 Å². The van der Waals surface area contributed by atoms with Crippen LogP contribution in [0.4, 0.5) is 14.5 Å². The Morgan fingerprint density at radius 1 is 1.14 bits per heavy atom. The quantitative estimate of drug-likeness (QED) is 0.472. The molecule has 2 rings (SSSR count). The molecular formula is C14H8BrF2NO3. The number of ketones is 1. The van der Waals surface area contributed by atoms with E-state index in [1.54, 1.807) is 24.3 Å². The molecule has 0 fully saturated rings. The molecule has 0 saturated carbocycles. The van der Waals surface area contributed by atoms with Gasteiger partial charge >= 0.3 is 5.69 Å². The lowest BCUT2D eigenvalue weighted by molar-refractivity contribution is -0.387. The van der Waals surface area contributed by atoms with Gasteiger partial charge in [-0.15, -0.1) is 0 Å². The summed E-state index contributed by atoms with van der Waals surface area (Å²) in [6.07, 6.45) is -0.248. The largest absolute Gasteiger partial charge is 0.305 e. The molecule has 0 atom stereocenters. The van der Waals surface area contributed by atoms with Crippen LogP contribution in [0.3, 0.4) is 0 Å². The van der Waals surface area contributed by atoms with Crippen LogP contribution < -0.4 is 0 Å². The van der Waals surface area contributed by atoms with Gasteiger partial charge in [0.15, 0.2) is 5.78 Å². The van der Waals surface area contributed by atoms with Gasteiger partial charge in [-0.25, -0.2) is 4.39 Å². The maximum atomic E-state index is 13.9. The summed E-state index contributed by atoms with van der Waals surface area (Å²) in [6, 6.07) is 8.02. The highest BCUT2D eigenvalue weighted by Gasteiger charge is 2.25. The summed E-state index contributed by atoms with van der Waals surface area (Å²) in [5.74, 6) is -3.40. The zero-order chi connectivity index (χ0) is 15.6. The van der Waals surface area contributed by atoms with Crippen LogP contribution in [-0.4, -0.2) is 10.7 Å². The summed E-state index contributed by atoms with van der Waals surface area (Å²) in [6.45, 7) is 0. The van der Waals surface area contributed by atoms with E-state index in [-0.39, 0.29) is 6.42 Å². The molecule has 0 aliphatic heterocycles. The predicted molar refractivity (Wildman–Crippen MR) is 75.2 cm³/mol. The number of benzene rings is 2. The van der Waals surface area contributed by atoms with Crippen LogP contribution in [0.2, 0.25) is 0 Å². The Balaban J connectivity index is 2.37. The highest BCUT2D eigenvalue weighted by molar-refractivity contribution is 9.10. The molecule has 0 heterocycles. The maximum Gasteiger partial charge on any atom is 0.305 e. The standard InChI is InChI=1S/C14H8BrF2NO3/c15-9-3-1-8(2-4-9)7-12(19)13-10(16)5-6-11(14(13)17)18(20)21/h1-6H,7H2. The molecule has 0 bridgehead atoms. The summed E-state index contributed by atoms with van der Waals surface area (Å²) in [5, 5.41) is 10.6. The van der Waals surface area contributed by atoms with Crippen molar-refractivity contribution in [2.45, 2.75) is 6.42 Å². The third kappa shape index (κ3) is 3.30. The Bertz CT molecular complexity index is 717. The molecule has 4 nitrogen and oxygen atoms in total. The molecule has 0 N–H and O–H groups in total. The second-order valence-electron chi connectivity index (χ2n) is 4.24. The van der Waals surface area contributed by atoms with E-state index >= 15 is 0 Å². The normalized spacial score (nSPS) is 10.4. The number of nitro benzene ring substituents is 1. The van der Waals surface area contributed by atoms with E-state index in [2.05, 4.69) is 15.9 Å². The Morgan fingerprint density at radius 3 is 2.33 bits per heavy atom. The van der Waals surface area contributed by atoms with Gasteiger partial charge in [-0.2, -0.15) is 4.39 Å². The molecule has 2 aromatic carbocycles. The van der Waals surface area contributed by atoms with Gasteiger partial charge in [0, 0.05) is 17.0 Å². The third-order valence-corrected chi connectivity index (χ3v) is 3.35. The molecule has 0 aliphatic carbocycles. The molecule has 21 heavy (non-hydrogen) atoms. The fraction of sp³-hybridized carbons (Fsp3) is 0.0714. The Labute approximate surface area is 126 Å². The van der Waals surface area contributed by atoms with Crippen LogP contribution in [0.5, 0.6) is 0 Å². The lowest BCUT2D eigenvalue weighted by atomic mass is 10.0. The van der Waals surface area contributed by atoms with Gasteiger partial charge < -0.3 is 0 Å². The number of Topliss-reactive ketones (excluding diaryl/α,β-unsaturated/α-hetero) is 1. The van der Waals surface area contributed by atoms with E-state index in [9.17, 15) is 23.7 Å². The molecule has 108 valence electrons. The van der Waals surface area contributed by atoms with Crippen molar-refractivity contribution in [1.29, 1.82) is 0 Å². The highest BCUT2D eigenvalue weighted by atomic mass is 79.9. The number of nitrogens with zero attached hydrogens (tertiary/aromatic N) is 1. The van der Waals surface area contributed by atoms with E-state index in [0.29, 0.717) is 11.6 Å². The van der Waals surface area contributed by atoms with Crippen LogP contribution in [0.15, 0.2) is 40.9 Å². The van der Waals surface area contributed by atoms with Crippen molar-refractivity contribution in [3.63, 3.8) is 0 Å². The zero-order valence-corrected chi connectivity index (χ0v) is 12.1. The van der Waals surface area contributed by atoms with Crippen LogP contribution in [-0.2, 0) is 6.42 Å². The van der Waals surface area contributed by atoms with Crippen molar-refractivity contribution >= 4 is 27.4 Å². The van der Waals surface area contributed by atoms with Gasteiger partial charge in [0.2, 0.25) is 5.82 Å². The summed E-state index contributed by atoms with van der Waals surface area (Å²) in [5.41, 5.74) is -1.25. The first-order valence-corrected chi connectivity index (χ1v) is 6.59. The predicted octanol–water partition coefficient (Wildman–Crippen LogP) is 4.06. The molecule has 2 aromatic rings. The van der Waals surface area contributed by atoms with Crippen LogP contribution in [0.1, 0.15) is 15.9 Å². The van der Waals surface area contributed by atoms with E-state index < -0.39 is 33.6 Å². The van der Waals surface area contributed by atoms with E-state index in [1.165, 1.54) is 0 Å². The molecule has 0 spiro atoms. The summed E-state index contributed by atoms with van der Waals surface area (Å²) >= 11 is 3.23. The van der Waals surface area contributed by atoms with Crippen LogP contribution in [0.25, 0.3) is 0 Å². The smallest absolute Gasteiger partial charge is 0.294 e. The van der Waals surface area contributed by atoms with E-state index in [0.717, 1.165) is 10.5 Å². The first-order valence-electron chi connectivity index (χ1n) is 5.80. The van der Waals surface area contributed by atoms with Crippen molar-refractivity contribution in [1.82, 2.24) is 0 Å². The van der Waals surface area contributed by atoms with Crippen molar-refractivity contribution < 1.29 is 18.5 Å². The van der Waals surface area contributed by atoms with Gasteiger partial charge in [0.1, 0.15) is 5.82 Å². The topological polar surface area (TPSA) is 60.2 Å². The molecule has 7 heteroatoms. The number of hydrogen-bond donors (Lipinski definition) is 0. The number of halogens is 3. The molecule has 0 amide bonds. The van der Waals surface area contributed by atoms with Gasteiger partial charge in [-0.3, -0.25) is 14.9 Å². The Hall–Kier alpha value is -2.15. The van der Waals surface area contributed by atoms with Crippen molar-refractivity contribution in [2.24, 2.45) is 0 Å². The van der Waals surface area contributed by atoms with E-state index in [4.69, 9.17) is 0 Å². The zero-order valence-electron chi connectivity index (χ0n) is 10.5. The SMILES string of the molecule is O=C(Cc1ccc(Br)cc1)c1c(F)ccc([N+](=O)[O-])c1F. The van der Waals surface area contributed by atoms with Crippen LogP contribution >= 0.6 is 15.9 Å². The van der Waals surface area contributed by atoms with Gasteiger partial charge in [0.05, 0.1) is 10.5 Å². The minimum Gasteiger partial charge on any atom is -0.294 e. The van der Waals surface area contributed by atoms with Gasteiger partial charge in [0.25, 0.3) is 0 Å². The first-order chi connectivity index (χ1) is 9.90. The molecular weight excluding hydrogens is 348 g/mol. The monoisotopic (exact) mass is 355 g/mol. The number of rotatable bonds is 4. The Morgan fingerprint density at radius 2 is 1.76 bits per heavy atom. The lowest BCUT2D eigenvalue weighted by Gasteiger charge is -2.05. The lowest BCUT2D eigenvalue weighted by Crippen LogP contribution is -2.11. The van der Waals surface area contributed by atoms with Crippen molar-refractivity contribution in [3.8, 4) is 0 Å². The second-order valence-corrected chi connectivity index (χ2v) is 5.15. The Kier molecular flexibility index (Phi) is 4.42. The molecule has 0 radical (unpaired) electrons. The molecule has 0 unspecified atom stereocenters. The average Bonchev–Trinajstić information content (AvgIpc) is 2.41. The second kappa shape index (κ2) is 6.09. The summed E-state index contributed by atoms with van der Waals surface area (Å²) in [4.78, 5) is 21.6. The summed E-state index contributed by atoms with van der Waals surface area (Å²) in [7, 11) is 0. The van der Waals surface area contributed by atoms with Gasteiger partial charge in [-0.1, -0.05) is 28.1 Å². The average molecular weight is 356 g/mol. The molecule has 0 saturated heterocycles. The van der Waals surface area contributed by atoms with E-state index in [1.807, 2.05) is 0 Å². The van der Waals surface area contributed by atoms with Crippen molar-refractivity contribution in [2.75, 3.05) is 0 Å². The first kappa shape index (κ1) is 15.2. The fourth-order valence-corrected chi connectivity index (χ4v) is 2.08.